The minimum absolute atomic E-state index is 0.141. The van der Waals surface area contributed by atoms with Gasteiger partial charge in [-0.2, -0.15) is 0 Å². The molecule has 2 N–H and O–H groups in total. The number of nitrogens with one attached hydrogen (secondary N) is 2. The van der Waals surface area contributed by atoms with Crippen molar-refractivity contribution in [3.05, 3.63) is 46.8 Å². The van der Waals surface area contributed by atoms with Crippen molar-refractivity contribution in [1.29, 1.82) is 0 Å². The van der Waals surface area contributed by atoms with Crippen molar-refractivity contribution >= 4 is 22.2 Å². The zero-order chi connectivity index (χ0) is 19.1. The van der Waals surface area contributed by atoms with E-state index in [0.717, 1.165) is 34.1 Å². The Hall–Kier alpha value is -2.97. The van der Waals surface area contributed by atoms with E-state index in [1.165, 1.54) is 5.56 Å². The number of rotatable bonds is 4. The summed E-state index contributed by atoms with van der Waals surface area (Å²) in [5.74, 6) is 0. The molecule has 0 spiro atoms. The lowest BCUT2D eigenvalue weighted by Crippen LogP contribution is -2.34. The summed E-state index contributed by atoms with van der Waals surface area (Å²) in [6, 6.07) is 4.04. The van der Waals surface area contributed by atoms with Gasteiger partial charge in [0.15, 0.2) is 5.65 Å². The number of ether oxygens (including phenoxy) is 2. The molecule has 4 aromatic heterocycles. The molecule has 5 rings (SSSR count). The first-order valence-corrected chi connectivity index (χ1v) is 9.48. The summed E-state index contributed by atoms with van der Waals surface area (Å²) in [7, 11) is 0. The summed E-state index contributed by atoms with van der Waals surface area (Å²) in [5, 5.41) is 1.11. The van der Waals surface area contributed by atoms with Crippen LogP contribution in [0.4, 0.5) is 0 Å². The molecule has 0 aliphatic carbocycles. The van der Waals surface area contributed by atoms with Crippen LogP contribution in [-0.4, -0.2) is 50.4 Å². The zero-order valence-corrected chi connectivity index (χ0v) is 15.6. The Labute approximate surface area is 160 Å². The van der Waals surface area contributed by atoms with Gasteiger partial charge in [0.2, 0.25) is 0 Å². The largest absolute Gasteiger partial charge is 0.376 e. The second-order valence-electron chi connectivity index (χ2n) is 6.94. The quantitative estimate of drug-likeness (QED) is 0.567. The average molecular weight is 379 g/mol. The topological polar surface area (TPSA) is 97.8 Å². The number of pyridine rings is 2. The lowest BCUT2D eigenvalue weighted by molar-refractivity contribution is -0.0934. The van der Waals surface area contributed by atoms with Gasteiger partial charge in [-0.3, -0.25) is 9.55 Å². The third kappa shape index (κ3) is 2.81. The van der Waals surface area contributed by atoms with Gasteiger partial charge in [-0.1, -0.05) is 6.92 Å². The van der Waals surface area contributed by atoms with Gasteiger partial charge in [0.1, 0.15) is 5.65 Å². The Morgan fingerprint density at radius 2 is 2.14 bits per heavy atom. The maximum absolute atomic E-state index is 12.5. The molecule has 0 unspecified atom stereocenters. The molecule has 0 amide bonds. The number of aromatic nitrogens is 5. The minimum atomic E-state index is -0.191. The van der Waals surface area contributed by atoms with Crippen LogP contribution in [-0.2, 0) is 22.4 Å². The molecule has 28 heavy (non-hydrogen) atoms. The van der Waals surface area contributed by atoms with Gasteiger partial charge in [0.05, 0.1) is 38.0 Å². The standard InChI is InChI=1S/C20H21N5O3/c1-2-14-15-3-4-21-18(15)23-9-16(14)12-7-17-19(22-8-12)24-20(26)25(17)10-13-11-27-5-6-28-13/h3-4,7-9,13H,2,5-6,10-11H2,1H3,(H,21,23)(H,22,24,26)/t13-/m0/s1. The molecule has 0 saturated carbocycles. The molecule has 0 radical (unpaired) electrons. The van der Waals surface area contributed by atoms with E-state index in [1.807, 2.05) is 24.5 Å². The SMILES string of the molecule is CCc1c(-c2cnc3[nH]c(=O)n(C[C@H]4COCCO4)c3c2)cnc2[nH]ccc12. The highest BCUT2D eigenvalue weighted by molar-refractivity contribution is 5.88. The van der Waals surface area contributed by atoms with Crippen molar-refractivity contribution in [3.63, 3.8) is 0 Å². The molecule has 144 valence electrons. The molecule has 8 heteroatoms. The highest BCUT2D eigenvalue weighted by Crippen LogP contribution is 2.30. The molecular weight excluding hydrogens is 358 g/mol. The van der Waals surface area contributed by atoms with Crippen molar-refractivity contribution < 1.29 is 9.47 Å². The molecule has 4 aromatic rings. The summed E-state index contributed by atoms with van der Waals surface area (Å²) in [6.45, 7) is 4.19. The van der Waals surface area contributed by atoms with Crippen LogP contribution in [0.25, 0.3) is 33.3 Å². The molecule has 1 aliphatic heterocycles. The Bertz CT molecular complexity index is 1200. The Morgan fingerprint density at radius 1 is 1.25 bits per heavy atom. The van der Waals surface area contributed by atoms with Gasteiger partial charge in [-0.25, -0.2) is 14.8 Å². The molecule has 0 bridgehead atoms. The van der Waals surface area contributed by atoms with E-state index in [1.54, 1.807) is 10.8 Å². The van der Waals surface area contributed by atoms with Crippen LogP contribution in [0.5, 0.6) is 0 Å². The minimum Gasteiger partial charge on any atom is -0.376 e. The molecule has 8 nitrogen and oxygen atoms in total. The molecule has 1 fully saturated rings. The predicted octanol–water partition coefficient (Wildman–Crippen LogP) is 2.25. The summed E-state index contributed by atoms with van der Waals surface area (Å²) >= 11 is 0. The van der Waals surface area contributed by atoms with Gasteiger partial charge in [-0.15, -0.1) is 0 Å². The van der Waals surface area contributed by atoms with Crippen LogP contribution in [0.15, 0.2) is 35.5 Å². The van der Waals surface area contributed by atoms with E-state index < -0.39 is 0 Å². The van der Waals surface area contributed by atoms with E-state index in [2.05, 4.69) is 26.9 Å². The first-order chi connectivity index (χ1) is 13.7. The average Bonchev–Trinajstić information content (AvgIpc) is 3.32. The fraction of sp³-hybridized carbons (Fsp3) is 0.350. The van der Waals surface area contributed by atoms with E-state index >= 15 is 0 Å². The molecule has 5 heterocycles. The molecule has 1 aliphatic rings. The maximum atomic E-state index is 12.5. The third-order valence-electron chi connectivity index (χ3n) is 5.26. The van der Waals surface area contributed by atoms with Gasteiger partial charge in [-0.05, 0) is 24.1 Å². The number of fused-ring (bicyclic) bond motifs is 2. The lowest BCUT2D eigenvalue weighted by Gasteiger charge is -2.23. The monoisotopic (exact) mass is 379 g/mol. The summed E-state index contributed by atoms with van der Waals surface area (Å²) < 4.78 is 12.9. The number of aryl methyl sites for hydroxylation is 1. The predicted molar refractivity (Wildman–Crippen MR) is 105 cm³/mol. The number of H-pyrrole nitrogens is 2. The zero-order valence-electron chi connectivity index (χ0n) is 15.6. The van der Waals surface area contributed by atoms with E-state index in [9.17, 15) is 4.79 Å². The number of aromatic amines is 2. The molecular formula is C20H21N5O3. The highest BCUT2D eigenvalue weighted by Gasteiger charge is 2.19. The highest BCUT2D eigenvalue weighted by atomic mass is 16.6. The molecule has 1 atom stereocenters. The first-order valence-electron chi connectivity index (χ1n) is 9.48. The smallest absolute Gasteiger partial charge is 0.327 e. The molecule has 0 aromatic carbocycles. The summed E-state index contributed by atoms with van der Waals surface area (Å²) in [6.07, 6.45) is 6.29. The Balaban J connectivity index is 1.61. The van der Waals surface area contributed by atoms with Gasteiger partial charge < -0.3 is 14.5 Å². The van der Waals surface area contributed by atoms with Crippen LogP contribution < -0.4 is 5.69 Å². The van der Waals surface area contributed by atoms with E-state index in [0.29, 0.717) is 32.0 Å². The van der Waals surface area contributed by atoms with Crippen LogP contribution in [0, 0.1) is 0 Å². The van der Waals surface area contributed by atoms with Crippen molar-refractivity contribution in [2.45, 2.75) is 26.0 Å². The number of hydrogen-bond acceptors (Lipinski definition) is 5. The fourth-order valence-electron chi connectivity index (χ4n) is 3.90. The molecule has 1 saturated heterocycles. The summed E-state index contributed by atoms with van der Waals surface area (Å²) in [4.78, 5) is 27.5. The van der Waals surface area contributed by atoms with Crippen molar-refractivity contribution in [3.8, 4) is 11.1 Å². The van der Waals surface area contributed by atoms with Crippen LogP contribution in [0.2, 0.25) is 0 Å². The first kappa shape index (κ1) is 17.2. The second-order valence-corrected chi connectivity index (χ2v) is 6.94. The van der Waals surface area contributed by atoms with Gasteiger partial charge in [0.25, 0.3) is 0 Å². The lowest BCUT2D eigenvalue weighted by atomic mass is 9.99. The third-order valence-corrected chi connectivity index (χ3v) is 5.26. The van der Waals surface area contributed by atoms with Crippen LogP contribution >= 0.6 is 0 Å². The Kier molecular flexibility index (Phi) is 4.22. The van der Waals surface area contributed by atoms with Crippen LogP contribution in [0.1, 0.15) is 12.5 Å². The van der Waals surface area contributed by atoms with E-state index in [4.69, 9.17) is 9.47 Å². The number of hydrogen-bond donors (Lipinski definition) is 2. The van der Waals surface area contributed by atoms with Crippen LogP contribution in [0.3, 0.4) is 0 Å². The normalized spacial score (nSPS) is 17.5. The maximum Gasteiger partial charge on any atom is 0.327 e. The Morgan fingerprint density at radius 3 is 2.96 bits per heavy atom. The van der Waals surface area contributed by atoms with Crippen molar-refractivity contribution in [1.82, 2.24) is 24.5 Å². The van der Waals surface area contributed by atoms with Gasteiger partial charge >= 0.3 is 5.69 Å². The number of imidazole rings is 1. The van der Waals surface area contributed by atoms with Gasteiger partial charge in [0, 0.05) is 35.1 Å². The second kappa shape index (κ2) is 6.88. The fourth-order valence-corrected chi connectivity index (χ4v) is 3.90. The summed E-state index contributed by atoms with van der Waals surface area (Å²) in [5.41, 5.74) is 5.19. The number of nitrogens with zero attached hydrogens (tertiary/aromatic N) is 3. The van der Waals surface area contributed by atoms with E-state index in [-0.39, 0.29) is 11.8 Å². The van der Waals surface area contributed by atoms with Crippen molar-refractivity contribution in [2.24, 2.45) is 0 Å². The van der Waals surface area contributed by atoms with Crippen molar-refractivity contribution in [2.75, 3.05) is 19.8 Å².